The van der Waals surface area contributed by atoms with E-state index in [1.807, 2.05) is 0 Å². The Morgan fingerprint density at radius 1 is 1.35 bits per heavy atom. The maximum Gasteiger partial charge on any atom is 0.244 e. The molecule has 0 aromatic heterocycles. The van der Waals surface area contributed by atoms with Gasteiger partial charge in [-0.25, -0.2) is 0 Å². The summed E-state index contributed by atoms with van der Waals surface area (Å²) in [6.07, 6.45) is 6.07. The Morgan fingerprint density at radius 3 is 2.53 bits per heavy atom. The van der Waals surface area contributed by atoms with Crippen molar-refractivity contribution in [3.8, 4) is 0 Å². The summed E-state index contributed by atoms with van der Waals surface area (Å²) in [5.74, 6) is 0. The van der Waals surface area contributed by atoms with E-state index >= 15 is 0 Å². The van der Waals surface area contributed by atoms with Crippen molar-refractivity contribution >= 4 is 22.5 Å². The zero-order valence-electron chi connectivity index (χ0n) is 10.0. The van der Waals surface area contributed by atoms with Crippen molar-refractivity contribution in [1.82, 2.24) is 0 Å². The molecule has 1 aromatic carbocycles. The van der Waals surface area contributed by atoms with Gasteiger partial charge in [-0.2, -0.15) is 0 Å². The third-order valence-corrected chi connectivity index (χ3v) is 2.47. The van der Waals surface area contributed by atoms with Crippen molar-refractivity contribution < 1.29 is 4.79 Å². The standard InChI is InChI=1S/C10H11N.C4H5ClO/c1-2-9-7-8-5-3-4-6-10(8)11-9;1-2-3-4(5)6/h2-6,11H,7H2,1H3;2-3H,1H3/b;3-2+. The Hall–Kier alpha value is -1.54. The minimum absolute atomic E-state index is 0.419. The SMILES string of the molecule is C/C=C/C(=O)Cl.CC=C1Cc2ccccc2N1. The normalized spacial score (nSPS) is 15.1. The molecule has 1 N–H and O–H groups in total. The van der Waals surface area contributed by atoms with E-state index in [0.717, 1.165) is 6.42 Å². The number of rotatable bonds is 1. The van der Waals surface area contributed by atoms with Crippen LogP contribution in [-0.4, -0.2) is 5.24 Å². The second kappa shape index (κ2) is 6.92. The van der Waals surface area contributed by atoms with Crippen LogP contribution in [0.25, 0.3) is 0 Å². The van der Waals surface area contributed by atoms with Gasteiger partial charge in [0.1, 0.15) is 0 Å². The second-order valence-electron chi connectivity index (χ2n) is 3.58. The van der Waals surface area contributed by atoms with Gasteiger partial charge in [-0.1, -0.05) is 30.4 Å². The summed E-state index contributed by atoms with van der Waals surface area (Å²) < 4.78 is 0. The van der Waals surface area contributed by atoms with Crippen LogP contribution in [0.1, 0.15) is 19.4 Å². The van der Waals surface area contributed by atoms with Gasteiger partial charge in [0.2, 0.25) is 5.24 Å². The number of benzene rings is 1. The topological polar surface area (TPSA) is 29.1 Å². The number of hydrogen-bond donors (Lipinski definition) is 1. The van der Waals surface area contributed by atoms with Gasteiger partial charge in [-0.3, -0.25) is 4.79 Å². The molecule has 0 radical (unpaired) electrons. The number of carbonyl (C=O) groups excluding carboxylic acids is 1. The first kappa shape index (κ1) is 13.5. The van der Waals surface area contributed by atoms with Gasteiger partial charge in [-0.15, -0.1) is 0 Å². The van der Waals surface area contributed by atoms with Crippen LogP contribution >= 0.6 is 11.6 Å². The van der Waals surface area contributed by atoms with Crippen LogP contribution in [-0.2, 0) is 11.2 Å². The maximum atomic E-state index is 9.72. The lowest BCUT2D eigenvalue weighted by molar-refractivity contribution is -0.107. The number of para-hydroxylation sites is 1. The number of fused-ring (bicyclic) bond motifs is 1. The smallest absolute Gasteiger partial charge is 0.244 e. The monoisotopic (exact) mass is 249 g/mol. The lowest BCUT2D eigenvalue weighted by Gasteiger charge is -1.96. The minimum Gasteiger partial charge on any atom is -0.359 e. The third kappa shape index (κ3) is 4.45. The fraction of sp³-hybridized carbons (Fsp3) is 0.214. The summed E-state index contributed by atoms with van der Waals surface area (Å²) in [6.45, 7) is 3.80. The van der Waals surface area contributed by atoms with Crippen LogP contribution in [0, 0.1) is 0 Å². The molecule has 2 nitrogen and oxygen atoms in total. The Bertz CT molecular complexity index is 422. The van der Waals surface area contributed by atoms with Gasteiger partial charge >= 0.3 is 0 Å². The molecule has 1 heterocycles. The van der Waals surface area contributed by atoms with E-state index in [9.17, 15) is 4.79 Å². The molecular weight excluding hydrogens is 234 g/mol. The van der Waals surface area contributed by atoms with E-state index in [4.69, 9.17) is 11.6 Å². The molecule has 0 atom stereocenters. The molecule has 1 aromatic rings. The van der Waals surface area contributed by atoms with Crippen molar-refractivity contribution in [3.63, 3.8) is 0 Å². The predicted molar refractivity (Wildman–Crippen MR) is 73.2 cm³/mol. The van der Waals surface area contributed by atoms with Crippen LogP contribution in [0.2, 0.25) is 0 Å². The fourth-order valence-electron chi connectivity index (χ4n) is 1.52. The summed E-state index contributed by atoms with van der Waals surface area (Å²) in [5.41, 5.74) is 3.98. The number of anilines is 1. The quantitative estimate of drug-likeness (QED) is 0.604. The average Bonchev–Trinajstić information content (AvgIpc) is 2.72. The van der Waals surface area contributed by atoms with E-state index < -0.39 is 5.24 Å². The van der Waals surface area contributed by atoms with E-state index in [1.54, 1.807) is 13.0 Å². The molecule has 1 aliphatic heterocycles. The van der Waals surface area contributed by atoms with E-state index in [0.29, 0.717) is 0 Å². The molecule has 0 unspecified atom stereocenters. The predicted octanol–water partition coefficient (Wildman–Crippen LogP) is 3.89. The van der Waals surface area contributed by atoms with Crippen molar-refractivity contribution in [2.24, 2.45) is 0 Å². The molecule has 0 aliphatic carbocycles. The Balaban J connectivity index is 0.000000209. The van der Waals surface area contributed by atoms with E-state index in [-0.39, 0.29) is 0 Å². The first-order valence-corrected chi connectivity index (χ1v) is 5.87. The van der Waals surface area contributed by atoms with Gasteiger partial charge < -0.3 is 5.32 Å². The molecule has 3 heteroatoms. The molecule has 0 bridgehead atoms. The average molecular weight is 250 g/mol. The van der Waals surface area contributed by atoms with Crippen molar-refractivity contribution in [3.05, 3.63) is 53.8 Å². The largest absolute Gasteiger partial charge is 0.359 e. The number of halogens is 1. The molecule has 1 aliphatic rings. The highest BCUT2D eigenvalue weighted by Gasteiger charge is 2.11. The highest BCUT2D eigenvalue weighted by atomic mass is 35.5. The van der Waals surface area contributed by atoms with Gasteiger partial charge in [0, 0.05) is 17.8 Å². The van der Waals surface area contributed by atoms with Crippen molar-refractivity contribution in [2.75, 3.05) is 5.32 Å². The van der Waals surface area contributed by atoms with Crippen molar-refractivity contribution in [1.29, 1.82) is 0 Å². The number of allylic oxidation sites excluding steroid dienone is 4. The number of hydrogen-bond acceptors (Lipinski definition) is 2. The molecular formula is C14H16ClNO. The van der Waals surface area contributed by atoms with Gasteiger partial charge in [0.15, 0.2) is 0 Å². The lowest BCUT2D eigenvalue weighted by Crippen LogP contribution is -1.89. The Morgan fingerprint density at radius 2 is 2.06 bits per heavy atom. The van der Waals surface area contributed by atoms with Gasteiger partial charge in [-0.05, 0) is 43.2 Å². The molecule has 17 heavy (non-hydrogen) atoms. The molecule has 0 fully saturated rings. The number of nitrogens with one attached hydrogen (secondary N) is 1. The fourth-order valence-corrected chi connectivity index (χ4v) is 1.65. The van der Waals surface area contributed by atoms with Crippen LogP contribution in [0.5, 0.6) is 0 Å². The van der Waals surface area contributed by atoms with E-state index in [1.165, 1.54) is 23.0 Å². The molecule has 2 rings (SSSR count). The van der Waals surface area contributed by atoms with Crippen molar-refractivity contribution in [2.45, 2.75) is 20.3 Å². The molecule has 0 saturated heterocycles. The van der Waals surface area contributed by atoms with E-state index in [2.05, 4.69) is 42.6 Å². The third-order valence-electron chi connectivity index (χ3n) is 2.34. The molecule has 90 valence electrons. The maximum absolute atomic E-state index is 9.72. The zero-order chi connectivity index (χ0) is 12.7. The Kier molecular flexibility index (Phi) is 5.50. The van der Waals surface area contributed by atoms with Gasteiger partial charge in [0.05, 0.1) is 0 Å². The zero-order valence-corrected chi connectivity index (χ0v) is 10.8. The molecule has 0 spiro atoms. The summed E-state index contributed by atoms with van der Waals surface area (Å²) in [4.78, 5) is 9.72. The minimum atomic E-state index is -0.419. The first-order valence-electron chi connectivity index (χ1n) is 5.49. The van der Waals surface area contributed by atoms with Crippen LogP contribution in [0.3, 0.4) is 0 Å². The summed E-state index contributed by atoms with van der Waals surface area (Å²) in [6, 6.07) is 8.42. The summed E-state index contributed by atoms with van der Waals surface area (Å²) in [5, 5.41) is 2.93. The van der Waals surface area contributed by atoms with Crippen LogP contribution in [0.15, 0.2) is 48.2 Å². The van der Waals surface area contributed by atoms with Crippen LogP contribution in [0.4, 0.5) is 5.69 Å². The number of carbonyl (C=O) groups is 1. The Labute approximate surface area is 107 Å². The molecule has 0 saturated carbocycles. The first-order chi connectivity index (χ1) is 8.17. The summed E-state index contributed by atoms with van der Waals surface area (Å²) in [7, 11) is 0. The highest BCUT2D eigenvalue weighted by molar-refractivity contribution is 6.66. The molecule has 0 amide bonds. The second-order valence-corrected chi connectivity index (χ2v) is 3.95. The highest BCUT2D eigenvalue weighted by Crippen LogP contribution is 2.26. The van der Waals surface area contributed by atoms with Gasteiger partial charge in [0.25, 0.3) is 0 Å². The lowest BCUT2D eigenvalue weighted by atomic mass is 10.1. The summed E-state index contributed by atoms with van der Waals surface area (Å²) >= 11 is 4.85. The van der Waals surface area contributed by atoms with Crippen LogP contribution < -0.4 is 5.32 Å².